The van der Waals surface area contributed by atoms with Gasteiger partial charge >= 0.3 is 5.97 Å². The lowest BCUT2D eigenvalue weighted by Gasteiger charge is -2.35. The summed E-state index contributed by atoms with van der Waals surface area (Å²) in [6.07, 6.45) is -1.78. The lowest BCUT2D eigenvalue weighted by molar-refractivity contribution is -0.235. The van der Waals surface area contributed by atoms with Gasteiger partial charge in [0.05, 0.1) is 20.1 Å². The van der Waals surface area contributed by atoms with E-state index in [1.807, 2.05) is 58.0 Å². The molecule has 1 aromatic carbocycles. The zero-order valence-electron chi connectivity index (χ0n) is 18.2. The van der Waals surface area contributed by atoms with Crippen molar-refractivity contribution >= 4 is 5.97 Å². The van der Waals surface area contributed by atoms with Gasteiger partial charge in [0.25, 0.3) is 0 Å². The second-order valence-electron chi connectivity index (χ2n) is 8.95. The van der Waals surface area contributed by atoms with Crippen molar-refractivity contribution in [3.05, 3.63) is 35.9 Å². The van der Waals surface area contributed by atoms with Gasteiger partial charge in [-0.2, -0.15) is 0 Å². The Kier molecular flexibility index (Phi) is 5.67. The van der Waals surface area contributed by atoms with E-state index in [1.54, 1.807) is 0 Å². The van der Waals surface area contributed by atoms with E-state index in [2.05, 4.69) is 5.32 Å². The Morgan fingerprint density at radius 2 is 1.77 bits per heavy atom. The van der Waals surface area contributed by atoms with Gasteiger partial charge in [-0.1, -0.05) is 30.3 Å². The van der Waals surface area contributed by atoms with Crippen LogP contribution in [0.2, 0.25) is 0 Å². The number of methoxy groups -OCH3 is 1. The molecule has 3 fully saturated rings. The molecule has 1 aromatic rings. The van der Waals surface area contributed by atoms with E-state index in [4.69, 9.17) is 28.4 Å². The smallest absolute Gasteiger partial charge is 0.309 e. The Hall–Kier alpha value is -1.55. The maximum absolute atomic E-state index is 12.4. The molecule has 3 heterocycles. The molecule has 3 aliphatic heterocycles. The Balaban J connectivity index is 1.63. The summed E-state index contributed by atoms with van der Waals surface area (Å²) in [5.41, 5.74) is -0.0626. The number of hydrogen-bond donors (Lipinski definition) is 1. The molecule has 0 amide bonds. The summed E-state index contributed by atoms with van der Waals surface area (Å²) < 4.78 is 35.8. The van der Waals surface area contributed by atoms with E-state index >= 15 is 0 Å². The van der Waals surface area contributed by atoms with Crippen LogP contribution in [0, 0.1) is 0 Å². The minimum absolute atomic E-state index is 0.0234. The van der Waals surface area contributed by atoms with Crippen molar-refractivity contribution < 1.29 is 33.2 Å². The van der Waals surface area contributed by atoms with E-state index in [1.165, 1.54) is 7.11 Å². The van der Waals surface area contributed by atoms with Crippen molar-refractivity contribution in [2.75, 3.05) is 13.7 Å². The fourth-order valence-electron chi connectivity index (χ4n) is 4.41. The van der Waals surface area contributed by atoms with Crippen LogP contribution < -0.4 is 5.32 Å². The van der Waals surface area contributed by atoms with Gasteiger partial charge in [0.2, 0.25) is 0 Å². The number of benzene rings is 1. The highest BCUT2D eigenvalue weighted by Gasteiger charge is 2.66. The van der Waals surface area contributed by atoms with Crippen molar-refractivity contribution in [2.45, 2.75) is 82.4 Å². The van der Waals surface area contributed by atoms with Crippen LogP contribution in [0.3, 0.4) is 0 Å². The largest absolute Gasteiger partial charge is 0.469 e. The predicted octanol–water partition coefficient (Wildman–Crippen LogP) is 2.11. The van der Waals surface area contributed by atoms with E-state index in [0.717, 1.165) is 5.56 Å². The molecule has 166 valence electrons. The molecule has 8 nitrogen and oxygen atoms in total. The third kappa shape index (κ3) is 4.26. The van der Waals surface area contributed by atoms with Crippen LogP contribution in [0.1, 0.15) is 39.7 Å². The third-order valence-corrected chi connectivity index (χ3v) is 5.72. The molecule has 30 heavy (non-hydrogen) atoms. The molecule has 0 saturated carbocycles. The van der Waals surface area contributed by atoms with Gasteiger partial charge in [-0.3, -0.25) is 10.1 Å². The van der Waals surface area contributed by atoms with Gasteiger partial charge in [-0.15, -0.1) is 0 Å². The second kappa shape index (κ2) is 7.85. The fraction of sp³-hybridized carbons (Fsp3) is 0.682. The fourth-order valence-corrected chi connectivity index (χ4v) is 4.41. The van der Waals surface area contributed by atoms with Crippen LogP contribution in [-0.4, -0.2) is 61.4 Å². The molecule has 8 heteroatoms. The summed E-state index contributed by atoms with van der Waals surface area (Å²) in [5.74, 6) is -1.92. The van der Waals surface area contributed by atoms with Crippen molar-refractivity contribution in [1.29, 1.82) is 0 Å². The zero-order valence-corrected chi connectivity index (χ0v) is 18.2. The first-order valence-electron chi connectivity index (χ1n) is 10.3. The molecule has 3 aliphatic rings. The Morgan fingerprint density at radius 3 is 2.40 bits per heavy atom. The van der Waals surface area contributed by atoms with Gasteiger partial charge < -0.3 is 28.4 Å². The summed E-state index contributed by atoms with van der Waals surface area (Å²) in [4.78, 5) is 12.4. The number of nitrogens with one attached hydrogen (secondary N) is 1. The van der Waals surface area contributed by atoms with E-state index in [0.29, 0.717) is 13.2 Å². The molecular weight excluding hydrogens is 390 g/mol. The van der Waals surface area contributed by atoms with Crippen LogP contribution in [0.4, 0.5) is 0 Å². The van der Waals surface area contributed by atoms with Gasteiger partial charge in [-0.05, 0) is 33.3 Å². The summed E-state index contributed by atoms with van der Waals surface area (Å²) in [6.45, 7) is 8.31. The lowest BCUT2D eigenvalue weighted by Crippen LogP contribution is -2.56. The topological polar surface area (TPSA) is 84.5 Å². The highest BCUT2D eigenvalue weighted by atomic mass is 16.8. The second-order valence-corrected chi connectivity index (χ2v) is 8.95. The third-order valence-electron chi connectivity index (χ3n) is 5.72. The molecule has 0 radical (unpaired) electrons. The van der Waals surface area contributed by atoms with Crippen LogP contribution in [0.25, 0.3) is 0 Å². The molecule has 0 aliphatic carbocycles. The minimum Gasteiger partial charge on any atom is -0.469 e. The maximum atomic E-state index is 12.4. The first-order valence-corrected chi connectivity index (χ1v) is 10.3. The quantitative estimate of drug-likeness (QED) is 0.700. The maximum Gasteiger partial charge on any atom is 0.309 e. The van der Waals surface area contributed by atoms with Crippen LogP contribution in [0.5, 0.6) is 0 Å². The van der Waals surface area contributed by atoms with Crippen molar-refractivity contribution in [2.24, 2.45) is 0 Å². The monoisotopic (exact) mass is 421 g/mol. The molecule has 5 atom stereocenters. The average Bonchev–Trinajstić information content (AvgIpc) is 3.31. The first kappa shape index (κ1) is 21.7. The van der Waals surface area contributed by atoms with Crippen molar-refractivity contribution in [1.82, 2.24) is 5.32 Å². The highest BCUT2D eigenvalue weighted by Crippen LogP contribution is 2.47. The molecule has 0 unspecified atom stereocenters. The van der Waals surface area contributed by atoms with Gasteiger partial charge in [0, 0.05) is 6.54 Å². The zero-order chi connectivity index (χ0) is 21.6. The first-order chi connectivity index (χ1) is 14.1. The van der Waals surface area contributed by atoms with Crippen molar-refractivity contribution in [3.8, 4) is 0 Å². The standard InChI is InChI=1S/C22H31NO7/c1-20(2)26-13-15(27-20)17-18-19(30-21(3,4)28-18)22(29-17,11-16(24)25-5)23-12-14-9-7-6-8-10-14/h6-10,15,17-19,23H,11-13H2,1-5H3/t15-,17-,18-,19-,22-/m1/s1. The summed E-state index contributed by atoms with van der Waals surface area (Å²) in [6, 6.07) is 9.91. The van der Waals surface area contributed by atoms with Gasteiger partial charge in [0.15, 0.2) is 17.3 Å². The SMILES string of the molecule is COC(=O)C[C@@]1(NCc2ccccc2)O[C@H]([C@H]2COC(C)(C)O2)[C@H]2OC(C)(C)O[C@H]21. The molecule has 1 N–H and O–H groups in total. The van der Waals surface area contributed by atoms with Crippen LogP contribution in [0.15, 0.2) is 30.3 Å². The van der Waals surface area contributed by atoms with Crippen LogP contribution >= 0.6 is 0 Å². The summed E-state index contributed by atoms with van der Waals surface area (Å²) in [5, 5.41) is 3.44. The Morgan fingerprint density at radius 1 is 1.03 bits per heavy atom. The number of esters is 1. The number of fused-ring (bicyclic) bond motifs is 1. The summed E-state index contributed by atoms with van der Waals surface area (Å²) in [7, 11) is 1.36. The van der Waals surface area contributed by atoms with E-state index in [9.17, 15) is 4.79 Å². The molecule has 3 saturated heterocycles. The normalized spacial score (nSPS) is 36.6. The summed E-state index contributed by atoms with van der Waals surface area (Å²) >= 11 is 0. The number of hydrogen-bond acceptors (Lipinski definition) is 8. The van der Waals surface area contributed by atoms with Gasteiger partial charge in [0.1, 0.15) is 24.4 Å². The molecule has 0 bridgehead atoms. The number of carbonyl (C=O) groups excluding carboxylic acids is 1. The van der Waals surface area contributed by atoms with Gasteiger partial charge in [-0.25, -0.2) is 0 Å². The van der Waals surface area contributed by atoms with E-state index < -0.39 is 41.6 Å². The lowest BCUT2D eigenvalue weighted by atomic mass is 9.97. The van der Waals surface area contributed by atoms with Crippen molar-refractivity contribution in [3.63, 3.8) is 0 Å². The molecule has 4 rings (SSSR count). The number of ether oxygens (including phenoxy) is 6. The number of rotatable bonds is 6. The van der Waals surface area contributed by atoms with E-state index in [-0.39, 0.29) is 12.5 Å². The molecule has 0 aromatic heterocycles. The highest BCUT2D eigenvalue weighted by molar-refractivity contribution is 5.70. The minimum atomic E-state index is -1.12. The Bertz CT molecular complexity index is 768. The predicted molar refractivity (Wildman–Crippen MR) is 106 cm³/mol. The number of carbonyl (C=O) groups is 1. The molecular formula is C22H31NO7. The average molecular weight is 421 g/mol. The molecule has 0 spiro atoms. The Labute approximate surface area is 177 Å². The van der Waals surface area contributed by atoms with Crippen LogP contribution in [-0.2, 0) is 39.8 Å².